The van der Waals surface area contributed by atoms with Gasteiger partial charge in [0.15, 0.2) is 11.5 Å². The highest BCUT2D eigenvalue weighted by Gasteiger charge is 2.34. The monoisotopic (exact) mass is 305 g/mol. The van der Waals surface area contributed by atoms with E-state index in [1.807, 2.05) is 6.07 Å². The van der Waals surface area contributed by atoms with Crippen molar-refractivity contribution in [2.45, 2.75) is 18.6 Å². The Kier molecular flexibility index (Phi) is 4.57. The first-order valence-electron chi connectivity index (χ1n) is 8.04. The maximum Gasteiger partial charge on any atom is 0.166 e. The van der Waals surface area contributed by atoms with Crippen LogP contribution in [0.15, 0.2) is 18.2 Å². The Hall–Kier alpha value is -1.30. The molecular weight excluding hydrogens is 278 g/mol. The van der Waals surface area contributed by atoms with Crippen molar-refractivity contribution in [2.75, 3.05) is 47.4 Å². The molecule has 0 bridgehead atoms. The van der Waals surface area contributed by atoms with Gasteiger partial charge in [0.2, 0.25) is 0 Å². The first-order valence-corrected chi connectivity index (χ1v) is 8.04. The SMILES string of the molecule is COc1cccc(C2CC(CN)CN2C)c1OC1CN(C)C1. The molecule has 0 radical (unpaired) electrons. The highest BCUT2D eigenvalue weighted by Crippen LogP contribution is 2.43. The highest BCUT2D eigenvalue weighted by atomic mass is 16.5. The van der Waals surface area contributed by atoms with E-state index in [0.717, 1.165) is 44.1 Å². The number of benzene rings is 1. The largest absolute Gasteiger partial charge is 0.493 e. The fraction of sp³-hybridized carbons (Fsp3) is 0.647. The summed E-state index contributed by atoms with van der Waals surface area (Å²) in [6, 6.07) is 6.56. The minimum atomic E-state index is 0.261. The number of likely N-dealkylation sites (N-methyl/N-ethyl adjacent to an activating group) is 1. The Balaban J connectivity index is 1.86. The molecule has 2 aliphatic rings. The molecule has 0 spiro atoms. The second kappa shape index (κ2) is 6.44. The van der Waals surface area contributed by atoms with Crippen molar-refractivity contribution in [1.29, 1.82) is 0 Å². The normalized spacial score (nSPS) is 26.9. The number of nitrogens with two attached hydrogens (primary N) is 1. The molecule has 2 atom stereocenters. The standard InChI is InChI=1S/C17H27N3O2/c1-19-10-13(11-19)22-17-14(5-4-6-16(17)21-3)15-7-12(8-18)9-20(15)2/h4-6,12-13,15H,7-11,18H2,1-3H3. The van der Waals surface area contributed by atoms with Gasteiger partial charge in [0.1, 0.15) is 6.10 Å². The third kappa shape index (κ3) is 2.93. The van der Waals surface area contributed by atoms with Crippen LogP contribution in [0.25, 0.3) is 0 Å². The van der Waals surface area contributed by atoms with E-state index in [-0.39, 0.29) is 6.10 Å². The molecule has 2 heterocycles. The fourth-order valence-electron chi connectivity index (χ4n) is 3.60. The molecule has 3 rings (SSSR count). The first-order chi connectivity index (χ1) is 10.6. The van der Waals surface area contributed by atoms with Gasteiger partial charge in [-0.1, -0.05) is 12.1 Å². The van der Waals surface area contributed by atoms with Gasteiger partial charge in [-0.2, -0.15) is 0 Å². The molecular formula is C17H27N3O2. The molecule has 0 aliphatic carbocycles. The fourth-order valence-corrected chi connectivity index (χ4v) is 3.60. The summed E-state index contributed by atoms with van der Waals surface area (Å²) < 4.78 is 11.8. The lowest BCUT2D eigenvalue weighted by Gasteiger charge is -2.37. The zero-order valence-corrected chi connectivity index (χ0v) is 13.8. The van der Waals surface area contributed by atoms with Crippen molar-refractivity contribution in [2.24, 2.45) is 11.7 Å². The van der Waals surface area contributed by atoms with Gasteiger partial charge in [0.25, 0.3) is 0 Å². The minimum Gasteiger partial charge on any atom is -0.493 e. The van der Waals surface area contributed by atoms with Crippen molar-refractivity contribution in [1.82, 2.24) is 9.80 Å². The molecule has 22 heavy (non-hydrogen) atoms. The first kappa shape index (κ1) is 15.6. The lowest BCUT2D eigenvalue weighted by Crippen LogP contribution is -2.51. The number of nitrogens with zero attached hydrogens (tertiary/aromatic N) is 2. The van der Waals surface area contributed by atoms with E-state index in [1.165, 1.54) is 5.56 Å². The van der Waals surface area contributed by atoms with Gasteiger partial charge < -0.3 is 15.2 Å². The molecule has 2 fully saturated rings. The number of para-hydroxylation sites is 1. The molecule has 1 aromatic carbocycles. The summed E-state index contributed by atoms with van der Waals surface area (Å²) in [6.07, 6.45) is 1.35. The predicted octanol–water partition coefficient (Wildman–Crippen LogP) is 1.34. The van der Waals surface area contributed by atoms with Gasteiger partial charge in [-0.25, -0.2) is 0 Å². The molecule has 2 unspecified atom stereocenters. The van der Waals surface area contributed by atoms with Gasteiger partial charge in [0.05, 0.1) is 7.11 Å². The van der Waals surface area contributed by atoms with Gasteiger partial charge >= 0.3 is 0 Å². The Bertz CT molecular complexity index is 517. The van der Waals surface area contributed by atoms with Crippen LogP contribution in [0.2, 0.25) is 0 Å². The molecule has 5 heteroatoms. The van der Waals surface area contributed by atoms with Crippen molar-refractivity contribution in [3.05, 3.63) is 23.8 Å². The van der Waals surface area contributed by atoms with Crippen molar-refractivity contribution in [3.63, 3.8) is 0 Å². The molecule has 0 saturated carbocycles. The third-order valence-corrected chi connectivity index (χ3v) is 4.87. The number of ether oxygens (including phenoxy) is 2. The summed E-state index contributed by atoms with van der Waals surface area (Å²) in [4.78, 5) is 4.64. The minimum absolute atomic E-state index is 0.261. The molecule has 1 aromatic rings. The predicted molar refractivity (Wildman–Crippen MR) is 87.4 cm³/mol. The Morgan fingerprint density at radius 1 is 1.23 bits per heavy atom. The molecule has 0 amide bonds. The second-order valence-corrected chi connectivity index (χ2v) is 6.63. The van der Waals surface area contributed by atoms with E-state index in [4.69, 9.17) is 15.2 Å². The van der Waals surface area contributed by atoms with E-state index >= 15 is 0 Å². The summed E-state index contributed by atoms with van der Waals surface area (Å²) in [6.45, 7) is 3.74. The third-order valence-electron chi connectivity index (χ3n) is 4.87. The zero-order chi connectivity index (χ0) is 15.7. The van der Waals surface area contributed by atoms with Crippen LogP contribution in [0, 0.1) is 5.92 Å². The highest BCUT2D eigenvalue weighted by molar-refractivity contribution is 5.48. The Morgan fingerprint density at radius 2 is 2.00 bits per heavy atom. The van der Waals surface area contributed by atoms with Gasteiger partial charge in [-0.15, -0.1) is 0 Å². The molecule has 5 nitrogen and oxygen atoms in total. The maximum absolute atomic E-state index is 6.28. The summed E-state index contributed by atoms with van der Waals surface area (Å²) in [5, 5.41) is 0. The van der Waals surface area contributed by atoms with Crippen LogP contribution in [0.1, 0.15) is 18.0 Å². The Labute approximate surface area is 133 Å². The summed E-state index contributed by atoms with van der Waals surface area (Å²) >= 11 is 0. The maximum atomic E-state index is 6.28. The van der Waals surface area contributed by atoms with E-state index in [0.29, 0.717) is 12.0 Å². The summed E-state index contributed by atoms with van der Waals surface area (Å²) in [5.74, 6) is 2.30. The quantitative estimate of drug-likeness (QED) is 0.890. The van der Waals surface area contributed by atoms with E-state index < -0.39 is 0 Å². The average molecular weight is 305 g/mol. The van der Waals surface area contributed by atoms with Crippen LogP contribution in [0.5, 0.6) is 11.5 Å². The van der Waals surface area contributed by atoms with Gasteiger partial charge in [-0.05, 0) is 39.0 Å². The van der Waals surface area contributed by atoms with Gasteiger partial charge in [-0.3, -0.25) is 9.80 Å². The zero-order valence-electron chi connectivity index (χ0n) is 13.8. The summed E-state index contributed by atoms with van der Waals surface area (Å²) in [7, 11) is 5.99. The molecule has 2 N–H and O–H groups in total. The van der Waals surface area contributed by atoms with Crippen LogP contribution in [-0.4, -0.2) is 63.3 Å². The second-order valence-electron chi connectivity index (χ2n) is 6.63. The van der Waals surface area contributed by atoms with Crippen LogP contribution in [0.4, 0.5) is 0 Å². The van der Waals surface area contributed by atoms with Crippen molar-refractivity contribution in [3.8, 4) is 11.5 Å². The van der Waals surface area contributed by atoms with Crippen LogP contribution in [0.3, 0.4) is 0 Å². The number of likely N-dealkylation sites (tertiary alicyclic amines) is 2. The van der Waals surface area contributed by atoms with Crippen molar-refractivity contribution >= 4 is 0 Å². The number of rotatable bonds is 5. The smallest absolute Gasteiger partial charge is 0.166 e. The van der Waals surface area contributed by atoms with E-state index in [9.17, 15) is 0 Å². The lowest BCUT2D eigenvalue weighted by atomic mass is 9.98. The summed E-state index contributed by atoms with van der Waals surface area (Å²) in [5.41, 5.74) is 7.10. The van der Waals surface area contributed by atoms with Gasteiger partial charge in [0, 0.05) is 31.2 Å². The van der Waals surface area contributed by atoms with Crippen LogP contribution >= 0.6 is 0 Å². The van der Waals surface area contributed by atoms with Crippen LogP contribution in [-0.2, 0) is 0 Å². The molecule has 2 saturated heterocycles. The number of methoxy groups -OCH3 is 1. The molecule has 122 valence electrons. The molecule has 0 aromatic heterocycles. The van der Waals surface area contributed by atoms with E-state index in [1.54, 1.807) is 7.11 Å². The van der Waals surface area contributed by atoms with E-state index in [2.05, 4.69) is 36.0 Å². The van der Waals surface area contributed by atoms with Crippen molar-refractivity contribution < 1.29 is 9.47 Å². The number of hydrogen-bond donors (Lipinski definition) is 1. The molecule has 2 aliphatic heterocycles. The lowest BCUT2D eigenvalue weighted by molar-refractivity contribution is 0.0354. The van der Waals surface area contributed by atoms with Crippen LogP contribution < -0.4 is 15.2 Å². The number of hydrogen-bond acceptors (Lipinski definition) is 5. The topological polar surface area (TPSA) is 51.0 Å². The Morgan fingerprint density at radius 3 is 2.59 bits per heavy atom. The average Bonchev–Trinajstić information content (AvgIpc) is 2.87.